The Morgan fingerprint density at radius 1 is 1.04 bits per heavy atom. The third-order valence-electron chi connectivity index (χ3n) is 3.73. The van der Waals surface area contributed by atoms with Crippen LogP contribution in [-0.4, -0.2) is 37.7 Å². The molecule has 1 atom stereocenters. The molecule has 0 unspecified atom stereocenters. The lowest BCUT2D eigenvalue weighted by molar-refractivity contribution is -0.120. The number of hydrogen-bond acceptors (Lipinski definition) is 5. The second-order valence-electron chi connectivity index (χ2n) is 5.73. The van der Waals surface area contributed by atoms with Gasteiger partial charge in [0.2, 0.25) is 5.91 Å². The summed E-state index contributed by atoms with van der Waals surface area (Å²) in [7, 11) is 3.21. The molecule has 0 aromatic heterocycles. The molecule has 140 valence electrons. The highest BCUT2D eigenvalue weighted by atomic mass is 32.2. The molecular weight excluding hydrogens is 366 g/mol. The van der Waals surface area contributed by atoms with Crippen molar-refractivity contribution in [2.24, 2.45) is 0 Å². The maximum atomic E-state index is 12.3. The van der Waals surface area contributed by atoms with Gasteiger partial charge in [-0.2, -0.15) is 0 Å². The number of carbonyl (C=O) groups is 1. The first-order valence-electron chi connectivity index (χ1n) is 8.39. The molecule has 6 heteroatoms. The molecule has 0 saturated heterocycles. The largest absolute Gasteiger partial charge is 0.493 e. The molecule has 0 fully saturated rings. The van der Waals surface area contributed by atoms with Crippen molar-refractivity contribution in [1.82, 2.24) is 5.32 Å². The van der Waals surface area contributed by atoms with Gasteiger partial charge < -0.3 is 14.8 Å². The lowest BCUT2D eigenvalue weighted by Crippen LogP contribution is -2.32. The summed E-state index contributed by atoms with van der Waals surface area (Å²) in [6, 6.07) is 14.1. The number of ether oxygens (including phenoxy) is 2. The standard InChI is InChI=1S/C20H25NO3S2/c1-14-5-7-16(8-6-14)25-12-11-21-20(22)15(2)26-17-9-10-18(23-3)19(13-17)24-4/h5-10,13,15H,11-12H2,1-4H3,(H,21,22)/t15-/m0/s1. The van der Waals surface area contributed by atoms with E-state index >= 15 is 0 Å². The van der Waals surface area contributed by atoms with Crippen LogP contribution in [0.2, 0.25) is 0 Å². The van der Waals surface area contributed by atoms with Crippen LogP contribution in [-0.2, 0) is 4.79 Å². The number of benzene rings is 2. The minimum Gasteiger partial charge on any atom is -0.493 e. The van der Waals surface area contributed by atoms with E-state index in [1.54, 1.807) is 26.0 Å². The van der Waals surface area contributed by atoms with Crippen molar-refractivity contribution in [3.05, 3.63) is 48.0 Å². The summed E-state index contributed by atoms with van der Waals surface area (Å²) in [5, 5.41) is 2.82. The van der Waals surface area contributed by atoms with Gasteiger partial charge in [-0.3, -0.25) is 4.79 Å². The number of methoxy groups -OCH3 is 2. The molecule has 0 saturated carbocycles. The topological polar surface area (TPSA) is 47.6 Å². The Hall–Kier alpha value is -1.79. The van der Waals surface area contributed by atoms with E-state index in [1.165, 1.54) is 22.2 Å². The Labute approximate surface area is 164 Å². The molecule has 0 aliphatic carbocycles. The maximum Gasteiger partial charge on any atom is 0.233 e. The number of rotatable bonds is 9. The van der Waals surface area contributed by atoms with Gasteiger partial charge in [0.25, 0.3) is 0 Å². The minimum absolute atomic E-state index is 0.0364. The number of thioether (sulfide) groups is 2. The van der Waals surface area contributed by atoms with E-state index in [1.807, 2.05) is 25.1 Å². The van der Waals surface area contributed by atoms with Crippen LogP contribution in [0.25, 0.3) is 0 Å². The molecule has 0 heterocycles. The zero-order valence-electron chi connectivity index (χ0n) is 15.6. The van der Waals surface area contributed by atoms with Crippen molar-refractivity contribution in [3.8, 4) is 11.5 Å². The summed E-state index contributed by atoms with van der Waals surface area (Å²) in [4.78, 5) is 14.5. The normalized spacial score (nSPS) is 11.7. The lowest BCUT2D eigenvalue weighted by Gasteiger charge is -2.14. The second kappa shape index (κ2) is 10.4. The Bertz CT molecular complexity index is 719. The predicted molar refractivity (Wildman–Crippen MR) is 110 cm³/mol. The van der Waals surface area contributed by atoms with Gasteiger partial charge in [0.15, 0.2) is 11.5 Å². The summed E-state index contributed by atoms with van der Waals surface area (Å²) in [6.07, 6.45) is 0. The van der Waals surface area contributed by atoms with Crippen LogP contribution in [0, 0.1) is 6.92 Å². The van der Waals surface area contributed by atoms with E-state index in [-0.39, 0.29) is 11.2 Å². The van der Waals surface area contributed by atoms with Crippen LogP contribution in [0.3, 0.4) is 0 Å². The number of hydrogen-bond donors (Lipinski definition) is 1. The fourth-order valence-electron chi connectivity index (χ4n) is 2.27. The summed E-state index contributed by atoms with van der Waals surface area (Å²) in [5.41, 5.74) is 1.25. The molecular formula is C20H25NO3S2. The molecule has 0 bridgehead atoms. The zero-order chi connectivity index (χ0) is 18.9. The van der Waals surface area contributed by atoms with Crippen molar-refractivity contribution in [2.45, 2.75) is 28.9 Å². The van der Waals surface area contributed by atoms with E-state index in [2.05, 4.69) is 36.5 Å². The Balaban J connectivity index is 1.77. The smallest absolute Gasteiger partial charge is 0.233 e. The van der Waals surface area contributed by atoms with Gasteiger partial charge in [0.05, 0.1) is 19.5 Å². The molecule has 26 heavy (non-hydrogen) atoms. The molecule has 2 aromatic carbocycles. The van der Waals surface area contributed by atoms with E-state index in [0.29, 0.717) is 18.0 Å². The Kier molecular flexibility index (Phi) is 8.19. The molecule has 1 N–H and O–H groups in total. The highest BCUT2D eigenvalue weighted by Crippen LogP contribution is 2.33. The SMILES string of the molecule is COc1ccc(S[C@@H](C)C(=O)NCCSc2ccc(C)cc2)cc1OC. The van der Waals surface area contributed by atoms with Crippen molar-refractivity contribution in [1.29, 1.82) is 0 Å². The van der Waals surface area contributed by atoms with E-state index in [0.717, 1.165) is 10.6 Å². The fraction of sp³-hybridized carbons (Fsp3) is 0.350. The zero-order valence-corrected chi connectivity index (χ0v) is 17.2. The van der Waals surface area contributed by atoms with E-state index < -0.39 is 0 Å². The van der Waals surface area contributed by atoms with Gasteiger partial charge in [0, 0.05) is 22.1 Å². The van der Waals surface area contributed by atoms with Crippen LogP contribution >= 0.6 is 23.5 Å². The highest BCUT2D eigenvalue weighted by molar-refractivity contribution is 8.00. The molecule has 0 radical (unpaired) electrons. The lowest BCUT2D eigenvalue weighted by atomic mass is 10.2. The summed E-state index contributed by atoms with van der Waals surface area (Å²) in [5.74, 6) is 2.23. The number of nitrogens with one attached hydrogen (secondary N) is 1. The van der Waals surface area contributed by atoms with Crippen molar-refractivity contribution in [3.63, 3.8) is 0 Å². The Morgan fingerprint density at radius 2 is 1.69 bits per heavy atom. The van der Waals surface area contributed by atoms with Gasteiger partial charge in [-0.05, 0) is 44.2 Å². The van der Waals surface area contributed by atoms with Crippen molar-refractivity contribution < 1.29 is 14.3 Å². The van der Waals surface area contributed by atoms with Gasteiger partial charge >= 0.3 is 0 Å². The van der Waals surface area contributed by atoms with Crippen LogP contribution in [0.15, 0.2) is 52.3 Å². The Morgan fingerprint density at radius 3 is 2.35 bits per heavy atom. The maximum absolute atomic E-state index is 12.3. The quantitative estimate of drug-likeness (QED) is 0.507. The van der Waals surface area contributed by atoms with Crippen molar-refractivity contribution >= 4 is 29.4 Å². The first-order chi connectivity index (χ1) is 12.5. The summed E-state index contributed by atoms with van der Waals surface area (Å²) in [6.45, 7) is 4.63. The third-order valence-corrected chi connectivity index (χ3v) is 5.84. The van der Waals surface area contributed by atoms with Gasteiger partial charge in [-0.25, -0.2) is 0 Å². The number of carbonyl (C=O) groups excluding carboxylic acids is 1. The number of amides is 1. The molecule has 2 rings (SSSR count). The number of aryl methyl sites for hydroxylation is 1. The molecule has 0 aliphatic heterocycles. The van der Waals surface area contributed by atoms with Gasteiger partial charge in [-0.15, -0.1) is 23.5 Å². The average Bonchev–Trinajstić information content (AvgIpc) is 2.66. The first-order valence-corrected chi connectivity index (χ1v) is 10.3. The molecule has 1 amide bonds. The van der Waals surface area contributed by atoms with Crippen LogP contribution in [0.4, 0.5) is 0 Å². The summed E-state index contributed by atoms with van der Waals surface area (Å²) >= 11 is 3.25. The average molecular weight is 392 g/mol. The van der Waals surface area contributed by atoms with Crippen LogP contribution < -0.4 is 14.8 Å². The van der Waals surface area contributed by atoms with Crippen molar-refractivity contribution in [2.75, 3.05) is 26.5 Å². The first kappa shape index (κ1) is 20.5. The second-order valence-corrected chi connectivity index (χ2v) is 8.31. The third kappa shape index (κ3) is 6.18. The van der Waals surface area contributed by atoms with Gasteiger partial charge in [-0.1, -0.05) is 17.7 Å². The van der Waals surface area contributed by atoms with Gasteiger partial charge in [0.1, 0.15) is 0 Å². The predicted octanol–water partition coefficient (Wildman–Crippen LogP) is 4.40. The monoisotopic (exact) mass is 391 g/mol. The van der Waals surface area contributed by atoms with Crippen LogP contribution in [0.5, 0.6) is 11.5 Å². The van der Waals surface area contributed by atoms with E-state index in [4.69, 9.17) is 9.47 Å². The molecule has 2 aromatic rings. The molecule has 4 nitrogen and oxygen atoms in total. The molecule has 0 aliphatic rings. The highest BCUT2D eigenvalue weighted by Gasteiger charge is 2.15. The minimum atomic E-state index is -0.183. The molecule has 0 spiro atoms. The fourth-order valence-corrected chi connectivity index (χ4v) is 3.96. The summed E-state index contributed by atoms with van der Waals surface area (Å²) < 4.78 is 10.5. The van der Waals surface area contributed by atoms with Crippen LogP contribution in [0.1, 0.15) is 12.5 Å². The van der Waals surface area contributed by atoms with E-state index in [9.17, 15) is 4.79 Å².